The quantitative estimate of drug-likeness (QED) is 0.646. The van der Waals surface area contributed by atoms with Crippen LogP contribution in [0, 0.1) is 0 Å². The lowest BCUT2D eigenvalue weighted by Crippen LogP contribution is -2.60. The molecule has 0 aromatic heterocycles. The third-order valence-corrected chi connectivity index (χ3v) is 8.24. The Labute approximate surface area is 206 Å². The van der Waals surface area contributed by atoms with E-state index in [2.05, 4.69) is 22.0 Å². The standard InChI is InChI=1S/C26H36N4O5/c1-3-28-12-14-29(15-13-28)19-8-6-18(7-9-19)24(32)27-26(10-4-5-11-26)25(33)30-16-21(34-2)23-22(30)20(31)17-35-23/h6-9,21-23H,3-5,10-17H2,1-2H3,(H,27,32)/t21-,22-,23-/m1/s1. The minimum Gasteiger partial charge on any atom is -0.377 e. The number of methoxy groups -OCH3 is 1. The van der Waals surface area contributed by atoms with E-state index in [0.29, 0.717) is 24.9 Å². The van der Waals surface area contributed by atoms with Gasteiger partial charge >= 0.3 is 0 Å². The van der Waals surface area contributed by atoms with Crippen molar-refractivity contribution in [1.29, 1.82) is 0 Å². The molecule has 0 spiro atoms. The number of anilines is 1. The normalized spacial score (nSPS) is 28.4. The van der Waals surface area contributed by atoms with Crippen molar-refractivity contribution in [2.75, 3.05) is 57.9 Å². The fourth-order valence-electron chi connectivity index (χ4n) is 6.11. The molecule has 1 aromatic carbocycles. The molecular formula is C26H36N4O5. The maximum absolute atomic E-state index is 13.8. The van der Waals surface area contributed by atoms with Crippen molar-refractivity contribution in [1.82, 2.24) is 15.1 Å². The van der Waals surface area contributed by atoms with E-state index in [1.807, 2.05) is 24.3 Å². The molecular weight excluding hydrogens is 448 g/mol. The Kier molecular flexibility index (Phi) is 6.83. The topological polar surface area (TPSA) is 91.4 Å². The molecule has 35 heavy (non-hydrogen) atoms. The second-order valence-corrected chi connectivity index (χ2v) is 10.1. The van der Waals surface area contributed by atoms with E-state index in [4.69, 9.17) is 9.47 Å². The van der Waals surface area contributed by atoms with Crippen LogP contribution in [-0.2, 0) is 19.1 Å². The highest BCUT2D eigenvalue weighted by molar-refractivity contribution is 6.01. The summed E-state index contributed by atoms with van der Waals surface area (Å²) in [5.74, 6) is -0.546. The van der Waals surface area contributed by atoms with Gasteiger partial charge in [-0.2, -0.15) is 0 Å². The van der Waals surface area contributed by atoms with Crippen molar-refractivity contribution in [3.63, 3.8) is 0 Å². The number of hydrogen-bond donors (Lipinski definition) is 1. The number of ketones is 1. The van der Waals surface area contributed by atoms with Crippen LogP contribution in [-0.4, -0.2) is 104 Å². The summed E-state index contributed by atoms with van der Waals surface area (Å²) in [6.07, 6.45) is 2.08. The summed E-state index contributed by atoms with van der Waals surface area (Å²) in [5, 5.41) is 3.08. The van der Waals surface area contributed by atoms with Crippen molar-refractivity contribution in [2.45, 2.75) is 56.4 Å². The monoisotopic (exact) mass is 484 g/mol. The predicted octanol–water partition coefficient (Wildman–Crippen LogP) is 1.06. The van der Waals surface area contributed by atoms with Crippen LogP contribution in [0.5, 0.6) is 0 Å². The molecule has 5 rings (SSSR count). The Morgan fingerprint density at radius 3 is 2.43 bits per heavy atom. The molecule has 9 nitrogen and oxygen atoms in total. The molecule has 1 aliphatic carbocycles. The Morgan fingerprint density at radius 1 is 1.11 bits per heavy atom. The van der Waals surface area contributed by atoms with Crippen molar-refractivity contribution in [3.8, 4) is 0 Å². The van der Waals surface area contributed by atoms with E-state index >= 15 is 0 Å². The van der Waals surface area contributed by atoms with Crippen LogP contribution in [0.3, 0.4) is 0 Å². The van der Waals surface area contributed by atoms with E-state index in [-0.39, 0.29) is 30.3 Å². The van der Waals surface area contributed by atoms with Gasteiger partial charge in [-0.1, -0.05) is 19.8 Å². The van der Waals surface area contributed by atoms with Crippen molar-refractivity contribution in [2.24, 2.45) is 0 Å². The summed E-state index contributed by atoms with van der Waals surface area (Å²) in [4.78, 5) is 46.0. The van der Waals surface area contributed by atoms with E-state index in [1.165, 1.54) is 0 Å². The van der Waals surface area contributed by atoms with Crippen LogP contribution >= 0.6 is 0 Å². The largest absolute Gasteiger partial charge is 0.377 e. The SMILES string of the molecule is CCN1CCN(c2ccc(C(=O)NC3(C(=O)N4C[C@@H](OC)[C@H]5OCC(=O)[C@H]54)CCCC3)cc2)CC1. The summed E-state index contributed by atoms with van der Waals surface area (Å²) in [6, 6.07) is 7.02. The van der Waals surface area contributed by atoms with Crippen molar-refractivity contribution in [3.05, 3.63) is 29.8 Å². The number of rotatable bonds is 6. The first-order valence-electron chi connectivity index (χ1n) is 12.8. The number of nitrogens with zero attached hydrogens (tertiary/aromatic N) is 3. The van der Waals surface area contributed by atoms with Gasteiger partial charge in [-0.05, 0) is 43.7 Å². The number of benzene rings is 1. The highest BCUT2D eigenvalue weighted by Crippen LogP contribution is 2.37. The molecule has 1 saturated carbocycles. The first-order valence-corrected chi connectivity index (χ1v) is 12.8. The summed E-state index contributed by atoms with van der Waals surface area (Å²) < 4.78 is 11.1. The number of amides is 2. The number of ether oxygens (including phenoxy) is 2. The smallest absolute Gasteiger partial charge is 0.252 e. The minimum absolute atomic E-state index is 0.00181. The lowest BCUT2D eigenvalue weighted by atomic mass is 9.93. The summed E-state index contributed by atoms with van der Waals surface area (Å²) in [6.45, 7) is 7.58. The first kappa shape index (κ1) is 24.2. The average molecular weight is 485 g/mol. The van der Waals surface area contributed by atoms with Gasteiger partial charge in [0.15, 0.2) is 5.78 Å². The van der Waals surface area contributed by atoms with Gasteiger partial charge in [-0.3, -0.25) is 14.4 Å². The number of carbonyl (C=O) groups excluding carboxylic acids is 3. The van der Waals surface area contributed by atoms with E-state index in [0.717, 1.165) is 51.3 Å². The molecule has 1 N–H and O–H groups in total. The number of fused-ring (bicyclic) bond motifs is 1. The Hall–Kier alpha value is -2.49. The molecule has 4 fully saturated rings. The Morgan fingerprint density at radius 2 is 1.80 bits per heavy atom. The zero-order valence-corrected chi connectivity index (χ0v) is 20.7. The molecule has 3 saturated heterocycles. The fourth-order valence-corrected chi connectivity index (χ4v) is 6.11. The van der Waals surface area contributed by atoms with Gasteiger partial charge in [0.25, 0.3) is 5.91 Å². The van der Waals surface area contributed by atoms with Gasteiger partial charge in [-0.15, -0.1) is 0 Å². The van der Waals surface area contributed by atoms with Gasteiger partial charge in [0.2, 0.25) is 5.91 Å². The van der Waals surface area contributed by atoms with Gasteiger partial charge in [0, 0.05) is 44.5 Å². The Bertz CT molecular complexity index is 953. The zero-order valence-electron chi connectivity index (χ0n) is 20.7. The summed E-state index contributed by atoms with van der Waals surface area (Å²) in [7, 11) is 1.57. The van der Waals surface area contributed by atoms with Crippen molar-refractivity contribution < 1.29 is 23.9 Å². The molecule has 9 heteroatoms. The molecule has 0 unspecified atom stereocenters. The van der Waals surface area contributed by atoms with Crippen LogP contribution in [0.25, 0.3) is 0 Å². The number of likely N-dealkylation sites (N-methyl/N-ethyl adjacent to an activating group) is 1. The molecule has 190 valence electrons. The van der Waals surface area contributed by atoms with Gasteiger partial charge in [0.1, 0.15) is 30.4 Å². The summed E-state index contributed by atoms with van der Waals surface area (Å²) >= 11 is 0. The maximum atomic E-state index is 13.8. The van der Waals surface area contributed by atoms with Crippen LogP contribution in [0.2, 0.25) is 0 Å². The lowest BCUT2D eigenvalue weighted by Gasteiger charge is -2.36. The number of carbonyl (C=O) groups is 3. The second-order valence-electron chi connectivity index (χ2n) is 10.1. The highest BCUT2D eigenvalue weighted by atomic mass is 16.5. The van der Waals surface area contributed by atoms with Gasteiger partial charge in [0.05, 0.1) is 6.54 Å². The van der Waals surface area contributed by atoms with Crippen molar-refractivity contribution >= 4 is 23.3 Å². The van der Waals surface area contributed by atoms with Crippen LogP contribution in [0.1, 0.15) is 43.0 Å². The van der Waals surface area contributed by atoms with Crippen LogP contribution < -0.4 is 10.2 Å². The van der Waals surface area contributed by atoms with Crippen LogP contribution in [0.4, 0.5) is 5.69 Å². The highest BCUT2D eigenvalue weighted by Gasteiger charge is 2.56. The third-order valence-electron chi connectivity index (χ3n) is 8.24. The molecule has 3 atom stereocenters. The number of Topliss-reactive ketones (excluding diaryl/α,β-unsaturated/α-hetero) is 1. The molecule has 1 aromatic rings. The lowest BCUT2D eigenvalue weighted by molar-refractivity contribution is -0.142. The van der Waals surface area contributed by atoms with Crippen LogP contribution in [0.15, 0.2) is 24.3 Å². The second kappa shape index (κ2) is 9.87. The van der Waals surface area contributed by atoms with Gasteiger partial charge < -0.3 is 29.5 Å². The third kappa shape index (κ3) is 4.45. The molecule has 2 amide bonds. The number of hydrogen-bond acceptors (Lipinski definition) is 7. The van der Waals surface area contributed by atoms with E-state index in [1.54, 1.807) is 12.0 Å². The molecule has 0 bridgehead atoms. The number of nitrogens with one attached hydrogen (secondary N) is 1. The first-order chi connectivity index (χ1) is 17.0. The number of likely N-dealkylation sites (tertiary alicyclic amines) is 1. The molecule has 3 heterocycles. The zero-order chi connectivity index (χ0) is 24.6. The minimum atomic E-state index is -0.998. The summed E-state index contributed by atoms with van der Waals surface area (Å²) in [5.41, 5.74) is 0.647. The molecule has 3 aliphatic heterocycles. The molecule has 0 radical (unpaired) electrons. The van der Waals surface area contributed by atoms with E-state index < -0.39 is 17.7 Å². The molecule has 4 aliphatic rings. The maximum Gasteiger partial charge on any atom is 0.252 e. The average Bonchev–Trinajstić information content (AvgIpc) is 3.61. The fraction of sp³-hybridized carbons (Fsp3) is 0.654. The Balaban J connectivity index is 1.29. The predicted molar refractivity (Wildman–Crippen MR) is 130 cm³/mol. The van der Waals surface area contributed by atoms with Gasteiger partial charge in [-0.25, -0.2) is 0 Å². The van der Waals surface area contributed by atoms with E-state index in [9.17, 15) is 14.4 Å². The number of piperazine rings is 1.